The summed E-state index contributed by atoms with van der Waals surface area (Å²) in [4.78, 5) is 36.2. The van der Waals surface area contributed by atoms with Crippen molar-refractivity contribution in [1.29, 1.82) is 0 Å². The molecule has 63 heavy (non-hydrogen) atoms. The minimum atomic E-state index is -6.86. The number of carbonyl (C=O) groups excluding carboxylic acids is 1. The highest BCUT2D eigenvalue weighted by molar-refractivity contribution is 5.96. The SMILES string of the molecule is COC(=O)c1ccc(-c2c3nc(c(C(F)(F)C(F)(F)C(F)(F)F)c4ccc([nH]4)c(-c4ccc(C(=O)O)cc4)c4nc(c(C(F)(F)C(F)(F)C(F)(F)F)c5ccc2[nH]5)C=C4)C=C3)cc1. The second-order valence-corrected chi connectivity index (χ2v) is 13.7. The maximum absolute atomic E-state index is 16.1. The van der Waals surface area contributed by atoms with Crippen molar-refractivity contribution < 1.29 is 80.9 Å². The van der Waals surface area contributed by atoms with Crippen LogP contribution in [0.1, 0.15) is 54.6 Å². The van der Waals surface area contributed by atoms with Gasteiger partial charge in [0.25, 0.3) is 0 Å². The summed E-state index contributed by atoms with van der Waals surface area (Å²) in [5.74, 6) is -28.2. The standard InChI is InChI=1S/C41H22F14N4O4/c1-63-35(62)21-8-4-19(5-9-21)31-24-12-16-28(58-24)32(36(42,43)38(46,47)40(50,51)52)26-14-10-22(56-26)30(18-2-6-20(7-3-18)34(60)61)23-11-15-27(57-23)33(29-17-13-25(31)59-29)37(44,45)39(48,49)41(53,54)55/h2-17,56,59H,1H3,(H,60,61). The third kappa shape index (κ3) is 7.15. The summed E-state index contributed by atoms with van der Waals surface area (Å²) >= 11 is 0. The molecule has 0 saturated heterocycles. The van der Waals surface area contributed by atoms with Crippen molar-refractivity contribution in [3.05, 3.63) is 118 Å². The lowest BCUT2D eigenvalue weighted by atomic mass is 9.99. The molecule has 0 amide bonds. The van der Waals surface area contributed by atoms with Crippen LogP contribution in [0.25, 0.3) is 68.6 Å². The predicted octanol–water partition coefficient (Wildman–Crippen LogP) is 12.1. The quantitative estimate of drug-likeness (QED) is 0.103. The number of halogens is 14. The van der Waals surface area contributed by atoms with Crippen molar-refractivity contribution >= 4 is 58.3 Å². The molecule has 0 radical (unpaired) electrons. The van der Waals surface area contributed by atoms with Crippen LogP contribution in [-0.4, -0.2) is 68.3 Å². The average Bonchev–Trinajstić information content (AvgIpc) is 4.05. The number of fused-ring (bicyclic) bond motifs is 8. The van der Waals surface area contributed by atoms with Gasteiger partial charge in [-0.15, -0.1) is 0 Å². The minimum absolute atomic E-state index is 0.109. The fourth-order valence-electron chi connectivity index (χ4n) is 6.81. The third-order valence-corrected chi connectivity index (χ3v) is 9.90. The van der Waals surface area contributed by atoms with E-state index in [1.165, 1.54) is 0 Å². The Morgan fingerprint density at radius 2 is 0.825 bits per heavy atom. The first kappa shape index (κ1) is 44.1. The van der Waals surface area contributed by atoms with Gasteiger partial charge in [-0.25, -0.2) is 19.6 Å². The highest BCUT2D eigenvalue weighted by Gasteiger charge is 2.75. The number of aromatic nitrogens is 4. The van der Waals surface area contributed by atoms with E-state index in [0.29, 0.717) is 24.3 Å². The number of ether oxygens (including phenoxy) is 1. The van der Waals surface area contributed by atoms with Gasteiger partial charge in [-0.2, -0.15) is 61.5 Å². The molecule has 2 aliphatic heterocycles. The monoisotopic (exact) mass is 900 g/mol. The normalized spacial score (nSPS) is 13.7. The Labute approximate surface area is 342 Å². The number of benzene rings is 2. The molecule has 3 N–H and O–H groups in total. The molecule has 3 aromatic heterocycles. The number of nitrogens with zero attached hydrogens (tertiary/aromatic N) is 2. The number of nitrogens with one attached hydrogen (secondary N) is 2. The lowest BCUT2D eigenvalue weighted by molar-refractivity contribution is -0.359. The van der Waals surface area contributed by atoms with Crippen molar-refractivity contribution in [3.8, 4) is 22.3 Å². The lowest BCUT2D eigenvalue weighted by Crippen LogP contribution is -2.50. The molecule has 8 bridgehead atoms. The second-order valence-electron chi connectivity index (χ2n) is 13.7. The van der Waals surface area contributed by atoms with E-state index in [2.05, 4.69) is 24.7 Å². The van der Waals surface area contributed by atoms with Gasteiger partial charge < -0.3 is 19.8 Å². The van der Waals surface area contributed by atoms with E-state index >= 15 is 17.6 Å². The van der Waals surface area contributed by atoms with Crippen LogP contribution in [0.5, 0.6) is 0 Å². The van der Waals surface area contributed by atoms with Gasteiger partial charge in [-0.3, -0.25) is 0 Å². The van der Waals surface area contributed by atoms with Gasteiger partial charge in [0.1, 0.15) is 0 Å². The minimum Gasteiger partial charge on any atom is -0.478 e. The van der Waals surface area contributed by atoms with Gasteiger partial charge in [-0.05, 0) is 84.0 Å². The molecule has 0 atom stereocenters. The zero-order chi connectivity index (χ0) is 46.2. The summed E-state index contributed by atoms with van der Waals surface area (Å²) in [5, 5.41) is 9.42. The van der Waals surface area contributed by atoms with Crippen molar-refractivity contribution in [2.75, 3.05) is 7.11 Å². The Morgan fingerprint density at radius 1 is 0.492 bits per heavy atom. The zero-order valence-corrected chi connectivity index (χ0v) is 31.1. The average molecular weight is 901 g/mol. The number of carbonyl (C=O) groups is 2. The summed E-state index contributed by atoms with van der Waals surface area (Å²) < 4.78 is 212. The highest BCUT2D eigenvalue weighted by Crippen LogP contribution is 2.55. The smallest absolute Gasteiger partial charge is 0.460 e. The van der Waals surface area contributed by atoms with Crippen LogP contribution < -0.4 is 0 Å². The fraction of sp³-hybridized carbons (Fsp3) is 0.171. The zero-order valence-electron chi connectivity index (χ0n) is 31.1. The van der Waals surface area contributed by atoms with Crippen LogP contribution >= 0.6 is 0 Å². The number of rotatable bonds is 8. The first-order valence-corrected chi connectivity index (χ1v) is 17.6. The van der Waals surface area contributed by atoms with E-state index in [1.807, 2.05) is 0 Å². The summed E-state index contributed by atoms with van der Waals surface area (Å²) in [6, 6.07) is 11.4. The van der Waals surface area contributed by atoms with E-state index in [4.69, 9.17) is 0 Å². The first-order chi connectivity index (χ1) is 29.2. The van der Waals surface area contributed by atoms with E-state index in [-0.39, 0.29) is 22.3 Å². The van der Waals surface area contributed by atoms with E-state index in [1.54, 1.807) is 0 Å². The van der Waals surface area contributed by atoms with Crippen molar-refractivity contribution in [2.24, 2.45) is 0 Å². The molecule has 0 unspecified atom stereocenters. The molecule has 5 heterocycles. The lowest BCUT2D eigenvalue weighted by Gasteiger charge is -2.28. The van der Waals surface area contributed by atoms with Gasteiger partial charge in [0.15, 0.2) is 0 Å². The molecular formula is C41H22F14N4O4. The fourth-order valence-corrected chi connectivity index (χ4v) is 6.81. The molecule has 0 saturated carbocycles. The topological polar surface area (TPSA) is 121 Å². The number of aromatic carboxylic acids is 1. The van der Waals surface area contributed by atoms with Gasteiger partial charge in [0.2, 0.25) is 0 Å². The Hall–Kier alpha value is -7.00. The molecule has 0 aliphatic carbocycles. The van der Waals surface area contributed by atoms with Crippen LogP contribution in [0.4, 0.5) is 61.5 Å². The molecule has 2 aliphatic rings. The van der Waals surface area contributed by atoms with E-state index in [0.717, 1.165) is 79.9 Å². The molecule has 328 valence electrons. The summed E-state index contributed by atoms with van der Waals surface area (Å²) in [7, 11) is 1.02. The Bertz CT molecular complexity index is 2870. The molecular weight excluding hydrogens is 878 g/mol. The van der Waals surface area contributed by atoms with Gasteiger partial charge in [-0.1, -0.05) is 24.3 Å². The maximum Gasteiger partial charge on any atom is 0.460 e. The predicted molar refractivity (Wildman–Crippen MR) is 198 cm³/mol. The number of H-pyrrole nitrogens is 2. The number of carboxylic acids is 1. The largest absolute Gasteiger partial charge is 0.478 e. The Balaban J connectivity index is 1.72. The van der Waals surface area contributed by atoms with Crippen molar-refractivity contribution in [3.63, 3.8) is 0 Å². The van der Waals surface area contributed by atoms with Crippen LogP contribution in [0.15, 0.2) is 72.8 Å². The van der Waals surface area contributed by atoms with Crippen LogP contribution in [0.2, 0.25) is 0 Å². The van der Waals surface area contributed by atoms with Gasteiger partial charge >= 0.3 is 48.0 Å². The second kappa shape index (κ2) is 14.8. The van der Waals surface area contributed by atoms with E-state index in [9.17, 15) is 58.6 Å². The number of hydrogen-bond donors (Lipinski definition) is 3. The number of carboxylic acid groups (broad SMARTS) is 1. The van der Waals surface area contributed by atoms with E-state index < -0.39 is 115 Å². The first-order valence-electron chi connectivity index (χ1n) is 17.6. The van der Waals surface area contributed by atoms with Gasteiger partial charge in [0.05, 0.1) is 63.2 Å². The molecule has 0 spiro atoms. The Morgan fingerprint density at radius 3 is 1.16 bits per heavy atom. The molecule has 2 aromatic carbocycles. The summed E-state index contributed by atoms with van der Waals surface area (Å²) in [6.45, 7) is 0. The summed E-state index contributed by atoms with van der Waals surface area (Å²) in [5.41, 5.74) is -12.6. The number of alkyl halides is 14. The van der Waals surface area contributed by atoms with Crippen LogP contribution in [-0.2, 0) is 16.6 Å². The number of hydrogen-bond acceptors (Lipinski definition) is 5. The third-order valence-electron chi connectivity index (χ3n) is 9.90. The number of methoxy groups -OCH3 is 1. The molecule has 5 aromatic rings. The molecule has 22 heteroatoms. The molecule has 7 rings (SSSR count). The number of aromatic amines is 2. The van der Waals surface area contributed by atoms with Crippen LogP contribution in [0.3, 0.4) is 0 Å². The molecule has 8 nitrogen and oxygen atoms in total. The molecule has 0 fully saturated rings. The maximum atomic E-state index is 16.1. The highest BCUT2D eigenvalue weighted by atomic mass is 19.4. The summed E-state index contributed by atoms with van der Waals surface area (Å²) in [6.07, 6.45) is -10.9. The number of esters is 1. The van der Waals surface area contributed by atoms with Crippen molar-refractivity contribution in [1.82, 2.24) is 19.9 Å². The van der Waals surface area contributed by atoms with Crippen LogP contribution in [0, 0.1) is 0 Å². The van der Waals surface area contributed by atoms with Crippen molar-refractivity contribution in [2.45, 2.75) is 36.0 Å². The Kier molecular flexibility index (Phi) is 10.4. The van der Waals surface area contributed by atoms with Gasteiger partial charge in [0, 0.05) is 22.2 Å².